The van der Waals surface area contributed by atoms with E-state index in [4.69, 9.17) is 0 Å². The quantitative estimate of drug-likeness (QED) is 0.805. The first-order valence-electron chi connectivity index (χ1n) is 4.95. The number of nitrogens with zero attached hydrogens (tertiary/aromatic N) is 2. The molecule has 0 spiro atoms. The zero-order chi connectivity index (χ0) is 11.4. The van der Waals surface area contributed by atoms with E-state index in [2.05, 4.69) is 20.3 Å². The molecule has 0 aliphatic carbocycles. The molecule has 5 heteroatoms. The lowest BCUT2D eigenvalue weighted by atomic mass is 10.2. The van der Waals surface area contributed by atoms with Gasteiger partial charge in [0.05, 0.1) is 0 Å². The summed E-state index contributed by atoms with van der Waals surface area (Å²) in [6, 6.07) is 3.89. The molecule has 0 saturated heterocycles. The number of rotatable bonds is 3. The van der Waals surface area contributed by atoms with Crippen LogP contribution in [0.2, 0.25) is 0 Å². The Morgan fingerprint density at radius 1 is 1.38 bits per heavy atom. The van der Waals surface area contributed by atoms with Crippen LogP contribution < -0.4 is 10.9 Å². The molecule has 2 aromatic heterocycles. The largest absolute Gasteiger partial charge is 0.361 e. The third kappa shape index (κ3) is 2.44. The van der Waals surface area contributed by atoms with Gasteiger partial charge in [-0.2, -0.15) is 0 Å². The van der Waals surface area contributed by atoms with Gasteiger partial charge in [0, 0.05) is 30.8 Å². The van der Waals surface area contributed by atoms with Crippen molar-refractivity contribution in [2.24, 2.45) is 0 Å². The van der Waals surface area contributed by atoms with Gasteiger partial charge < -0.3 is 10.3 Å². The fourth-order valence-corrected chi connectivity index (χ4v) is 1.27. The highest BCUT2D eigenvalue weighted by Crippen LogP contribution is 2.01. The van der Waals surface area contributed by atoms with Gasteiger partial charge in [0.1, 0.15) is 0 Å². The predicted molar refractivity (Wildman–Crippen MR) is 61.2 cm³/mol. The van der Waals surface area contributed by atoms with Crippen molar-refractivity contribution in [1.29, 1.82) is 0 Å². The van der Waals surface area contributed by atoms with E-state index in [0.717, 1.165) is 11.3 Å². The van der Waals surface area contributed by atoms with Crippen LogP contribution in [0.3, 0.4) is 0 Å². The molecule has 0 aliphatic heterocycles. The number of hydrogen-bond donors (Lipinski definition) is 2. The third-order valence-electron chi connectivity index (χ3n) is 2.14. The normalized spacial score (nSPS) is 10.1. The van der Waals surface area contributed by atoms with Crippen LogP contribution in [0.25, 0.3) is 0 Å². The molecule has 0 fully saturated rings. The van der Waals surface area contributed by atoms with Crippen LogP contribution >= 0.6 is 0 Å². The maximum absolute atomic E-state index is 11.3. The number of hydrogen-bond acceptors (Lipinski definition) is 4. The van der Waals surface area contributed by atoms with Gasteiger partial charge in [0.2, 0.25) is 0 Å². The monoisotopic (exact) mass is 216 g/mol. The Bertz CT molecular complexity index is 518. The number of H-pyrrole nitrogens is 1. The summed E-state index contributed by atoms with van der Waals surface area (Å²) < 4.78 is 0. The molecule has 16 heavy (non-hydrogen) atoms. The molecule has 2 rings (SSSR count). The van der Waals surface area contributed by atoms with E-state index < -0.39 is 0 Å². The van der Waals surface area contributed by atoms with Crippen LogP contribution in [0.15, 0.2) is 35.5 Å². The molecule has 0 atom stereocenters. The molecule has 2 heterocycles. The first-order valence-corrected chi connectivity index (χ1v) is 4.95. The summed E-state index contributed by atoms with van der Waals surface area (Å²) in [6.07, 6.45) is 4.82. The van der Waals surface area contributed by atoms with E-state index in [-0.39, 0.29) is 5.56 Å². The van der Waals surface area contributed by atoms with Crippen molar-refractivity contribution < 1.29 is 0 Å². The summed E-state index contributed by atoms with van der Waals surface area (Å²) in [5.74, 6) is 0.322. The Kier molecular flexibility index (Phi) is 2.95. The van der Waals surface area contributed by atoms with Crippen LogP contribution in [0.5, 0.6) is 0 Å². The average Bonchev–Trinajstić information content (AvgIpc) is 2.30. The lowest BCUT2D eigenvalue weighted by molar-refractivity contribution is 1.04. The van der Waals surface area contributed by atoms with Gasteiger partial charge in [-0.1, -0.05) is 6.07 Å². The highest BCUT2D eigenvalue weighted by atomic mass is 16.1. The lowest BCUT2D eigenvalue weighted by Crippen LogP contribution is -2.15. The first-order chi connectivity index (χ1) is 7.75. The topological polar surface area (TPSA) is 70.7 Å². The maximum atomic E-state index is 11.3. The van der Waals surface area contributed by atoms with Gasteiger partial charge in [-0.05, 0) is 18.6 Å². The second-order valence-electron chi connectivity index (χ2n) is 3.43. The third-order valence-corrected chi connectivity index (χ3v) is 2.14. The van der Waals surface area contributed by atoms with Crippen LogP contribution in [0.4, 0.5) is 5.82 Å². The van der Waals surface area contributed by atoms with Crippen molar-refractivity contribution in [3.8, 4) is 0 Å². The Morgan fingerprint density at radius 2 is 2.25 bits per heavy atom. The molecule has 0 radical (unpaired) electrons. The van der Waals surface area contributed by atoms with Crippen molar-refractivity contribution in [3.63, 3.8) is 0 Å². The highest BCUT2D eigenvalue weighted by Gasteiger charge is 1.99. The second-order valence-corrected chi connectivity index (χ2v) is 3.43. The van der Waals surface area contributed by atoms with E-state index in [0.29, 0.717) is 12.4 Å². The van der Waals surface area contributed by atoms with Crippen molar-refractivity contribution in [2.45, 2.75) is 13.5 Å². The minimum absolute atomic E-state index is 0.220. The number of aryl methyl sites for hydroxylation is 1. The van der Waals surface area contributed by atoms with E-state index in [1.165, 1.54) is 12.4 Å². The minimum atomic E-state index is -0.220. The van der Waals surface area contributed by atoms with Crippen molar-refractivity contribution in [1.82, 2.24) is 15.0 Å². The van der Waals surface area contributed by atoms with E-state index in [1.807, 2.05) is 19.1 Å². The zero-order valence-corrected chi connectivity index (χ0v) is 8.90. The fourth-order valence-electron chi connectivity index (χ4n) is 1.27. The molecule has 2 aromatic rings. The molecule has 0 aliphatic rings. The van der Waals surface area contributed by atoms with Crippen molar-refractivity contribution in [2.75, 3.05) is 5.32 Å². The standard InChI is InChI=1S/C11H12N4O/c1-8-2-3-9(6-14-8)7-15-10-11(16)13-5-4-12-10/h2-6H,7H2,1H3,(H,12,15)(H,13,16). The van der Waals surface area contributed by atoms with Crippen molar-refractivity contribution in [3.05, 3.63) is 52.3 Å². The summed E-state index contributed by atoms with van der Waals surface area (Å²) in [6.45, 7) is 2.47. The molecule has 0 bridgehead atoms. The summed E-state index contributed by atoms with van der Waals surface area (Å²) in [5.41, 5.74) is 1.76. The van der Waals surface area contributed by atoms with Gasteiger partial charge in [0.25, 0.3) is 5.56 Å². The summed E-state index contributed by atoms with van der Waals surface area (Å²) in [7, 11) is 0. The number of aromatic amines is 1. The van der Waals surface area contributed by atoms with Gasteiger partial charge in [-0.25, -0.2) is 4.98 Å². The minimum Gasteiger partial charge on any atom is -0.361 e. The Morgan fingerprint density at radius 3 is 2.94 bits per heavy atom. The molecule has 5 nitrogen and oxygen atoms in total. The van der Waals surface area contributed by atoms with Gasteiger partial charge in [-0.15, -0.1) is 0 Å². The molecular weight excluding hydrogens is 204 g/mol. The Labute approximate surface area is 92.6 Å². The Balaban J connectivity index is 2.05. The summed E-state index contributed by atoms with van der Waals surface area (Å²) in [5, 5.41) is 2.95. The molecule has 0 saturated carbocycles. The maximum Gasteiger partial charge on any atom is 0.290 e. The van der Waals surface area contributed by atoms with Crippen LogP contribution in [0, 0.1) is 6.92 Å². The van der Waals surface area contributed by atoms with Crippen LogP contribution in [0.1, 0.15) is 11.3 Å². The first kappa shape index (κ1) is 10.4. The van der Waals surface area contributed by atoms with E-state index in [9.17, 15) is 4.79 Å². The second kappa shape index (κ2) is 4.57. The smallest absolute Gasteiger partial charge is 0.290 e. The van der Waals surface area contributed by atoms with Crippen molar-refractivity contribution >= 4 is 5.82 Å². The molecule has 0 aromatic carbocycles. The number of aromatic nitrogens is 3. The van der Waals surface area contributed by atoms with E-state index in [1.54, 1.807) is 6.20 Å². The molecular formula is C11H12N4O. The van der Waals surface area contributed by atoms with Crippen LogP contribution in [-0.4, -0.2) is 15.0 Å². The van der Waals surface area contributed by atoms with Gasteiger partial charge >= 0.3 is 0 Å². The van der Waals surface area contributed by atoms with Crippen LogP contribution in [-0.2, 0) is 6.54 Å². The highest BCUT2D eigenvalue weighted by molar-refractivity contribution is 5.31. The SMILES string of the molecule is Cc1ccc(CNc2ncc[nH]c2=O)cn1. The average molecular weight is 216 g/mol. The molecule has 0 unspecified atom stereocenters. The van der Waals surface area contributed by atoms with E-state index >= 15 is 0 Å². The van der Waals surface area contributed by atoms with Gasteiger partial charge in [0.15, 0.2) is 5.82 Å². The zero-order valence-electron chi connectivity index (χ0n) is 8.90. The number of nitrogens with one attached hydrogen (secondary N) is 2. The number of pyridine rings is 1. The summed E-state index contributed by atoms with van der Waals surface area (Å²) >= 11 is 0. The fraction of sp³-hybridized carbons (Fsp3) is 0.182. The Hall–Kier alpha value is -2.17. The predicted octanol–water partition coefficient (Wildman–Crippen LogP) is 1.09. The summed E-state index contributed by atoms with van der Waals surface area (Å²) in [4.78, 5) is 22.0. The lowest BCUT2D eigenvalue weighted by Gasteiger charge is -2.03. The van der Waals surface area contributed by atoms with Gasteiger partial charge in [-0.3, -0.25) is 9.78 Å². The molecule has 0 amide bonds. The molecule has 2 N–H and O–H groups in total. The molecule has 82 valence electrons. The number of anilines is 1.